The smallest absolute Gasteiger partial charge is 0.0725 e. The number of carboxylic acid groups (broad SMARTS) is 1. The summed E-state index contributed by atoms with van der Waals surface area (Å²) in [6, 6.07) is 8.95. The number of rotatable bonds is 2. The minimum atomic E-state index is -1.17. The summed E-state index contributed by atoms with van der Waals surface area (Å²) >= 11 is 6.34. The van der Waals surface area contributed by atoms with E-state index in [1.165, 1.54) is 6.07 Å². The summed E-state index contributed by atoms with van der Waals surface area (Å²) < 4.78 is 0. The zero-order valence-electron chi connectivity index (χ0n) is 12.2. The quantitative estimate of drug-likeness (QED) is 0.862. The van der Waals surface area contributed by atoms with Crippen LogP contribution in [0.5, 0.6) is 0 Å². The molecular formula is C18H14ClN2O2-. The number of carbonyl (C=O) groups is 1. The number of pyridine rings is 1. The van der Waals surface area contributed by atoms with E-state index in [1.54, 1.807) is 12.3 Å². The number of nitrogens with zero attached hydrogens (tertiary/aromatic N) is 1. The van der Waals surface area contributed by atoms with Crippen LogP contribution in [0.1, 0.15) is 40.0 Å². The van der Waals surface area contributed by atoms with Crippen LogP contribution in [0.15, 0.2) is 48.7 Å². The molecule has 0 saturated carbocycles. The second-order valence-electron chi connectivity index (χ2n) is 5.90. The van der Waals surface area contributed by atoms with Gasteiger partial charge < -0.3 is 15.2 Å². The zero-order valence-corrected chi connectivity index (χ0v) is 13.0. The third-order valence-electron chi connectivity index (χ3n) is 4.70. The summed E-state index contributed by atoms with van der Waals surface area (Å²) in [6.45, 7) is 0. The van der Waals surface area contributed by atoms with E-state index in [-0.39, 0.29) is 23.4 Å². The molecule has 0 spiro atoms. The molecule has 0 fully saturated rings. The predicted octanol–water partition coefficient (Wildman–Crippen LogP) is 2.92. The first-order valence-corrected chi connectivity index (χ1v) is 7.92. The highest BCUT2D eigenvalue weighted by atomic mass is 35.5. The van der Waals surface area contributed by atoms with Crippen molar-refractivity contribution in [3.05, 3.63) is 70.5 Å². The molecule has 23 heavy (non-hydrogen) atoms. The minimum absolute atomic E-state index is 0.00166. The van der Waals surface area contributed by atoms with Gasteiger partial charge in [0.2, 0.25) is 0 Å². The van der Waals surface area contributed by atoms with Crippen molar-refractivity contribution < 1.29 is 9.90 Å². The first kappa shape index (κ1) is 14.3. The van der Waals surface area contributed by atoms with E-state index in [2.05, 4.69) is 22.5 Å². The Hall–Kier alpha value is -2.33. The summed E-state index contributed by atoms with van der Waals surface area (Å²) in [5.41, 5.74) is 2.55. The summed E-state index contributed by atoms with van der Waals surface area (Å²) in [7, 11) is 0. The van der Waals surface area contributed by atoms with Crippen molar-refractivity contribution in [2.75, 3.05) is 5.32 Å². The zero-order chi connectivity index (χ0) is 16.0. The monoisotopic (exact) mass is 325 g/mol. The standard InChI is InChI=1S/C18H15ClN2O2/c19-13-8-7-12(18(22)23)15-10-4-3-5-11(10)16(21-17(13)15)14-6-1-2-9-20-14/h1-4,6-11,16,21H,5H2,(H,22,23)/p-1/t10-,11-,16+/m1/s1. The van der Waals surface area contributed by atoms with E-state index < -0.39 is 5.97 Å². The van der Waals surface area contributed by atoms with Gasteiger partial charge >= 0.3 is 0 Å². The van der Waals surface area contributed by atoms with Crippen molar-refractivity contribution in [1.82, 2.24) is 4.98 Å². The van der Waals surface area contributed by atoms with Crippen LogP contribution in [0.2, 0.25) is 5.02 Å². The molecule has 0 amide bonds. The molecule has 0 unspecified atom stereocenters. The van der Waals surface area contributed by atoms with Gasteiger partial charge in [-0.15, -0.1) is 0 Å². The van der Waals surface area contributed by atoms with E-state index in [1.807, 2.05) is 18.2 Å². The Morgan fingerprint density at radius 2 is 2.17 bits per heavy atom. The average molecular weight is 326 g/mol. The molecule has 2 heterocycles. The summed E-state index contributed by atoms with van der Waals surface area (Å²) in [6.07, 6.45) is 6.81. The van der Waals surface area contributed by atoms with Crippen LogP contribution >= 0.6 is 11.6 Å². The van der Waals surface area contributed by atoms with E-state index in [0.717, 1.165) is 17.7 Å². The van der Waals surface area contributed by atoms with E-state index in [4.69, 9.17) is 11.6 Å². The number of fused-ring (bicyclic) bond motifs is 3. The highest BCUT2D eigenvalue weighted by Crippen LogP contribution is 2.52. The van der Waals surface area contributed by atoms with Crippen LogP contribution in [-0.2, 0) is 0 Å². The molecule has 1 aromatic carbocycles. The van der Waals surface area contributed by atoms with Gasteiger partial charge in [-0.1, -0.05) is 35.9 Å². The summed E-state index contributed by atoms with van der Waals surface area (Å²) in [4.78, 5) is 16.0. The Morgan fingerprint density at radius 1 is 1.30 bits per heavy atom. The van der Waals surface area contributed by atoms with Crippen LogP contribution in [-0.4, -0.2) is 11.0 Å². The lowest BCUT2D eigenvalue weighted by Crippen LogP contribution is -2.33. The van der Waals surface area contributed by atoms with Gasteiger partial charge in [0.05, 0.1) is 28.4 Å². The number of nitrogens with one attached hydrogen (secondary N) is 1. The SMILES string of the molecule is O=C([O-])c1ccc(Cl)c2c1[C@@H]1C=CC[C@H]1[C@@H](c1ccccn1)N2. The number of hydrogen-bond donors (Lipinski definition) is 1. The van der Waals surface area contributed by atoms with Gasteiger partial charge in [-0.25, -0.2) is 0 Å². The van der Waals surface area contributed by atoms with Crippen molar-refractivity contribution in [3.8, 4) is 0 Å². The predicted molar refractivity (Wildman–Crippen MR) is 86.4 cm³/mol. The molecule has 116 valence electrons. The van der Waals surface area contributed by atoms with Crippen molar-refractivity contribution in [3.63, 3.8) is 0 Å². The second kappa shape index (κ2) is 5.39. The fourth-order valence-electron chi connectivity index (χ4n) is 3.70. The maximum Gasteiger partial charge on any atom is 0.0725 e. The van der Waals surface area contributed by atoms with Gasteiger partial charge in [-0.3, -0.25) is 4.98 Å². The molecule has 0 saturated heterocycles. The Bertz CT molecular complexity index is 804. The lowest BCUT2D eigenvalue weighted by Gasteiger charge is -2.38. The molecule has 4 rings (SSSR count). The molecular weight excluding hydrogens is 312 g/mol. The fourth-order valence-corrected chi connectivity index (χ4v) is 3.92. The number of allylic oxidation sites excluding steroid dienone is 2. The molecule has 3 atom stereocenters. The van der Waals surface area contributed by atoms with Gasteiger partial charge in [0.25, 0.3) is 0 Å². The van der Waals surface area contributed by atoms with Gasteiger partial charge in [0.1, 0.15) is 0 Å². The molecule has 0 bridgehead atoms. The maximum absolute atomic E-state index is 11.5. The van der Waals surface area contributed by atoms with Crippen LogP contribution in [0, 0.1) is 5.92 Å². The summed E-state index contributed by atoms with van der Waals surface area (Å²) in [5.74, 6) is -0.950. The number of hydrogen-bond acceptors (Lipinski definition) is 4. The molecule has 2 aliphatic rings. The van der Waals surface area contributed by atoms with Crippen LogP contribution in [0.3, 0.4) is 0 Å². The molecule has 1 N–H and O–H groups in total. The lowest BCUT2D eigenvalue weighted by atomic mass is 9.76. The van der Waals surface area contributed by atoms with Crippen molar-refractivity contribution >= 4 is 23.3 Å². The molecule has 5 heteroatoms. The van der Waals surface area contributed by atoms with Crippen molar-refractivity contribution in [1.29, 1.82) is 0 Å². The summed E-state index contributed by atoms with van der Waals surface area (Å²) in [5, 5.41) is 15.4. The first-order valence-electron chi connectivity index (χ1n) is 7.54. The minimum Gasteiger partial charge on any atom is -0.545 e. The lowest BCUT2D eigenvalue weighted by molar-refractivity contribution is -0.255. The number of aromatic nitrogens is 1. The number of halogens is 1. The third kappa shape index (κ3) is 2.21. The van der Waals surface area contributed by atoms with Gasteiger partial charge in [0.15, 0.2) is 0 Å². The molecule has 0 radical (unpaired) electrons. The molecule has 2 aromatic rings. The van der Waals surface area contributed by atoms with E-state index in [9.17, 15) is 9.90 Å². The van der Waals surface area contributed by atoms with Crippen LogP contribution < -0.4 is 10.4 Å². The molecule has 4 nitrogen and oxygen atoms in total. The average Bonchev–Trinajstić information content (AvgIpc) is 3.05. The Labute approximate surface area is 138 Å². The van der Waals surface area contributed by atoms with Gasteiger partial charge in [0, 0.05) is 17.7 Å². The van der Waals surface area contributed by atoms with E-state index >= 15 is 0 Å². The van der Waals surface area contributed by atoms with Crippen molar-refractivity contribution in [2.24, 2.45) is 5.92 Å². The van der Waals surface area contributed by atoms with E-state index in [0.29, 0.717) is 10.7 Å². The number of anilines is 1. The molecule has 1 aliphatic heterocycles. The highest BCUT2D eigenvalue weighted by molar-refractivity contribution is 6.33. The number of carboxylic acids is 1. The third-order valence-corrected chi connectivity index (χ3v) is 5.01. The molecule has 1 aliphatic carbocycles. The normalized spacial score (nSPS) is 24.7. The van der Waals surface area contributed by atoms with Crippen LogP contribution in [0.25, 0.3) is 0 Å². The number of aromatic carboxylic acids is 1. The van der Waals surface area contributed by atoms with Crippen LogP contribution in [0.4, 0.5) is 5.69 Å². The van der Waals surface area contributed by atoms with Gasteiger partial charge in [-0.05, 0) is 36.1 Å². The fraction of sp³-hybridized carbons (Fsp3) is 0.222. The van der Waals surface area contributed by atoms with Gasteiger partial charge in [-0.2, -0.15) is 0 Å². The highest BCUT2D eigenvalue weighted by Gasteiger charge is 2.40. The molecule has 1 aromatic heterocycles. The Balaban J connectivity index is 1.89. The Kier molecular flexibility index (Phi) is 3.34. The Morgan fingerprint density at radius 3 is 2.91 bits per heavy atom. The number of carbonyl (C=O) groups excluding carboxylic acids is 1. The number of benzene rings is 1. The second-order valence-corrected chi connectivity index (χ2v) is 6.31. The largest absolute Gasteiger partial charge is 0.545 e. The topological polar surface area (TPSA) is 65.0 Å². The maximum atomic E-state index is 11.5. The van der Waals surface area contributed by atoms with Crippen molar-refractivity contribution in [2.45, 2.75) is 18.4 Å². The first-order chi connectivity index (χ1) is 11.2.